The predicted octanol–water partition coefficient (Wildman–Crippen LogP) is 0.103. The lowest BCUT2D eigenvalue weighted by molar-refractivity contribution is 0.0957. The van der Waals surface area contributed by atoms with E-state index in [4.69, 9.17) is 5.73 Å². The Hall–Kier alpha value is -1.91. The number of nitrogens with zero attached hydrogens (tertiary/aromatic N) is 1. The van der Waals surface area contributed by atoms with Crippen molar-refractivity contribution in [3.63, 3.8) is 0 Å². The Balaban J connectivity index is 3.34. The maximum Gasteiger partial charge on any atom is 0.269 e. The summed E-state index contributed by atoms with van der Waals surface area (Å²) in [5.41, 5.74) is 6.40. The summed E-state index contributed by atoms with van der Waals surface area (Å²) in [6, 6.07) is 1.52. The number of amides is 2. The Morgan fingerprint density at radius 3 is 2.67 bits per heavy atom. The summed E-state index contributed by atoms with van der Waals surface area (Å²) in [5, 5.41) is 2.47. The van der Waals surface area contributed by atoms with Crippen LogP contribution in [0.4, 0.5) is 0 Å². The van der Waals surface area contributed by atoms with Crippen LogP contribution in [0.2, 0.25) is 0 Å². The number of carbonyl (C=O) groups excluding carboxylic acids is 2. The molecule has 15 heavy (non-hydrogen) atoms. The molecule has 80 valence electrons. The zero-order chi connectivity index (χ0) is 11.4. The minimum absolute atomic E-state index is 0.260. The number of carbonyl (C=O) groups is 2. The van der Waals surface area contributed by atoms with E-state index in [1.807, 2.05) is 6.92 Å². The molecule has 0 fully saturated rings. The van der Waals surface area contributed by atoms with E-state index in [0.29, 0.717) is 17.5 Å². The van der Waals surface area contributed by atoms with Crippen LogP contribution in [0, 0.1) is 0 Å². The maximum atomic E-state index is 11.4. The topological polar surface area (TPSA) is 85.1 Å². The van der Waals surface area contributed by atoms with Gasteiger partial charge in [0.1, 0.15) is 5.69 Å². The largest absolute Gasteiger partial charge is 0.366 e. The van der Waals surface area contributed by atoms with Gasteiger partial charge in [-0.15, -0.1) is 0 Å². The van der Waals surface area contributed by atoms with Gasteiger partial charge in [-0.1, -0.05) is 6.92 Å². The number of primary amides is 1. The molecule has 0 atom stereocenters. The van der Waals surface area contributed by atoms with E-state index < -0.39 is 5.91 Å². The van der Waals surface area contributed by atoms with E-state index in [-0.39, 0.29) is 11.6 Å². The highest BCUT2D eigenvalue weighted by molar-refractivity contribution is 6.00. The molecule has 0 saturated heterocycles. The highest BCUT2D eigenvalue weighted by Crippen LogP contribution is 2.12. The van der Waals surface area contributed by atoms with Gasteiger partial charge < -0.3 is 11.1 Å². The first-order valence-corrected chi connectivity index (χ1v) is 4.61. The summed E-state index contributed by atoms with van der Waals surface area (Å²) in [5.74, 6) is -0.852. The van der Waals surface area contributed by atoms with Crippen LogP contribution < -0.4 is 11.1 Å². The molecule has 1 rings (SSSR count). The van der Waals surface area contributed by atoms with Crippen molar-refractivity contribution >= 4 is 11.8 Å². The van der Waals surface area contributed by atoms with E-state index in [0.717, 1.165) is 0 Å². The van der Waals surface area contributed by atoms with Crippen molar-refractivity contribution in [2.75, 3.05) is 7.05 Å². The Morgan fingerprint density at radius 1 is 1.53 bits per heavy atom. The maximum absolute atomic E-state index is 11.4. The fraction of sp³-hybridized carbons (Fsp3) is 0.300. The molecule has 0 saturated carbocycles. The summed E-state index contributed by atoms with van der Waals surface area (Å²) in [4.78, 5) is 26.5. The van der Waals surface area contributed by atoms with Crippen LogP contribution in [-0.2, 0) is 6.42 Å². The molecule has 2 amide bonds. The lowest BCUT2D eigenvalue weighted by Crippen LogP contribution is -2.24. The van der Waals surface area contributed by atoms with Crippen LogP contribution in [0.3, 0.4) is 0 Å². The highest BCUT2D eigenvalue weighted by atomic mass is 16.2. The molecule has 0 radical (unpaired) electrons. The van der Waals surface area contributed by atoms with Crippen molar-refractivity contribution < 1.29 is 9.59 Å². The molecule has 5 nitrogen and oxygen atoms in total. The number of hydrogen-bond acceptors (Lipinski definition) is 3. The minimum Gasteiger partial charge on any atom is -0.366 e. The van der Waals surface area contributed by atoms with Gasteiger partial charge in [-0.25, -0.2) is 0 Å². The summed E-state index contributed by atoms with van der Waals surface area (Å²) in [6.07, 6.45) is 1.94. The monoisotopic (exact) mass is 207 g/mol. The molecule has 0 spiro atoms. The Morgan fingerprint density at radius 2 is 2.20 bits per heavy atom. The number of pyridine rings is 1. The van der Waals surface area contributed by atoms with Gasteiger partial charge in [0.15, 0.2) is 0 Å². The molecule has 0 aliphatic heterocycles. The van der Waals surface area contributed by atoms with E-state index in [1.54, 1.807) is 0 Å². The van der Waals surface area contributed by atoms with Crippen LogP contribution >= 0.6 is 0 Å². The van der Waals surface area contributed by atoms with Crippen molar-refractivity contribution in [2.45, 2.75) is 13.3 Å². The molecule has 0 unspecified atom stereocenters. The number of nitrogens with one attached hydrogen (secondary N) is 1. The van der Waals surface area contributed by atoms with E-state index >= 15 is 0 Å². The van der Waals surface area contributed by atoms with Crippen LogP contribution in [-0.4, -0.2) is 23.8 Å². The molecule has 0 bridgehead atoms. The Bertz CT molecular complexity index is 402. The SMILES string of the molecule is CCc1c(C(N)=O)ccnc1C(=O)NC. The third kappa shape index (κ3) is 2.12. The first-order valence-electron chi connectivity index (χ1n) is 4.61. The fourth-order valence-corrected chi connectivity index (χ4v) is 1.40. The lowest BCUT2D eigenvalue weighted by Gasteiger charge is -2.08. The van der Waals surface area contributed by atoms with Gasteiger partial charge in [0.25, 0.3) is 5.91 Å². The third-order valence-corrected chi connectivity index (χ3v) is 2.12. The van der Waals surface area contributed by atoms with Crippen molar-refractivity contribution in [3.05, 3.63) is 29.1 Å². The summed E-state index contributed by atoms with van der Waals surface area (Å²) in [7, 11) is 1.51. The number of rotatable bonds is 3. The van der Waals surface area contributed by atoms with Crippen molar-refractivity contribution in [1.29, 1.82) is 0 Å². The zero-order valence-corrected chi connectivity index (χ0v) is 8.70. The molecule has 1 heterocycles. The van der Waals surface area contributed by atoms with E-state index in [9.17, 15) is 9.59 Å². The smallest absolute Gasteiger partial charge is 0.269 e. The first kappa shape index (κ1) is 11.2. The highest BCUT2D eigenvalue weighted by Gasteiger charge is 2.16. The summed E-state index contributed by atoms with van der Waals surface area (Å²) < 4.78 is 0. The van der Waals surface area contributed by atoms with Gasteiger partial charge in [0.05, 0.1) is 0 Å². The number of hydrogen-bond donors (Lipinski definition) is 2. The predicted molar refractivity (Wildman–Crippen MR) is 55.5 cm³/mol. The minimum atomic E-state index is -0.542. The van der Waals surface area contributed by atoms with Gasteiger partial charge in [-0.2, -0.15) is 0 Å². The molecule has 3 N–H and O–H groups in total. The quantitative estimate of drug-likeness (QED) is 0.737. The van der Waals surface area contributed by atoms with Gasteiger partial charge in [0.2, 0.25) is 5.91 Å². The van der Waals surface area contributed by atoms with Crippen molar-refractivity contribution in [3.8, 4) is 0 Å². The van der Waals surface area contributed by atoms with E-state index in [1.165, 1.54) is 19.3 Å². The molecular weight excluding hydrogens is 194 g/mol. The second kappa shape index (κ2) is 4.54. The summed E-state index contributed by atoms with van der Waals surface area (Å²) >= 11 is 0. The Kier molecular flexibility index (Phi) is 3.38. The second-order valence-corrected chi connectivity index (χ2v) is 2.98. The molecular formula is C10H13N3O2. The van der Waals surface area contributed by atoms with Crippen molar-refractivity contribution in [1.82, 2.24) is 10.3 Å². The number of nitrogens with two attached hydrogens (primary N) is 1. The molecule has 0 aliphatic rings. The fourth-order valence-electron chi connectivity index (χ4n) is 1.40. The second-order valence-electron chi connectivity index (χ2n) is 2.98. The average molecular weight is 207 g/mol. The Labute approximate surface area is 87.7 Å². The zero-order valence-electron chi connectivity index (χ0n) is 8.70. The molecule has 0 aliphatic carbocycles. The van der Waals surface area contributed by atoms with Gasteiger partial charge in [0, 0.05) is 18.8 Å². The summed E-state index contributed by atoms with van der Waals surface area (Å²) in [6.45, 7) is 1.84. The first-order chi connectivity index (χ1) is 7.11. The van der Waals surface area contributed by atoms with Crippen LogP contribution in [0.25, 0.3) is 0 Å². The van der Waals surface area contributed by atoms with Gasteiger partial charge >= 0.3 is 0 Å². The third-order valence-electron chi connectivity index (χ3n) is 2.12. The standard InChI is InChI=1S/C10H13N3O2/c1-3-6-7(9(11)14)4-5-13-8(6)10(15)12-2/h4-5H,3H2,1-2H3,(H2,11,14)(H,12,15). The van der Waals surface area contributed by atoms with Crippen LogP contribution in [0.5, 0.6) is 0 Å². The molecule has 1 aromatic rings. The molecule has 5 heteroatoms. The molecule has 0 aromatic carbocycles. The van der Waals surface area contributed by atoms with Gasteiger partial charge in [-0.05, 0) is 18.1 Å². The average Bonchev–Trinajstić information content (AvgIpc) is 2.26. The van der Waals surface area contributed by atoms with Gasteiger partial charge in [-0.3, -0.25) is 14.6 Å². The molecule has 1 aromatic heterocycles. The normalized spacial score (nSPS) is 9.73. The van der Waals surface area contributed by atoms with Crippen molar-refractivity contribution in [2.24, 2.45) is 5.73 Å². The van der Waals surface area contributed by atoms with E-state index in [2.05, 4.69) is 10.3 Å². The lowest BCUT2D eigenvalue weighted by atomic mass is 10.0. The van der Waals surface area contributed by atoms with Crippen LogP contribution in [0.15, 0.2) is 12.3 Å². The number of aromatic nitrogens is 1. The van der Waals surface area contributed by atoms with Crippen LogP contribution in [0.1, 0.15) is 33.3 Å².